The number of sulfonamides is 1. The SMILES string of the molecule is COc1ccc(CCN2CCC(Cc3ccc(NS(C)(=O)=O)cc3)CC2)cc1OC. The summed E-state index contributed by atoms with van der Waals surface area (Å²) in [6.07, 6.45) is 5.59. The summed E-state index contributed by atoms with van der Waals surface area (Å²) in [7, 11) is 0.0988. The molecular weight excluding hydrogens is 400 g/mol. The number of likely N-dealkylation sites (tertiary alicyclic amines) is 1. The fourth-order valence-corrected chi connectivity index (χ4v) is 4.56. The Bertz CT molecular complexity index is 921. The summed E-state index contributed by atoms with van der Waals surface area (Å²) in [4.78, 5) is 2.53. The molecule has 6 nitrogen and oxygen atoms in total. The zero-order valence-electron chi connectivity index (χ0n) is 18.1. The third-order valence-electron chi connectivity index (χ3n) is 5.65. The van der Waals surface area contributed by atoms with Gasteiger partial charge in [-0.05, 0) is 80.1 Å². The normalized spacial score (nSPS) is 15.7. The summed E-state index contributed by atoms with van der Waals surface area (Å²) >= 11 is 0. The number of nitrogens with one attached hydrogen (secondary N) is 1. The van der Waals surface area contributed by atoms with Crippen molar-refractivity contribution >= 4 is 15.7 Å². The highest BCUT2D eigenvalue weighted by atomic mass is 32.2. The van der Waals surface area contributed by atoms with Crippen LogP contribution in [0.25, 0.3) is 0 Å². The highest BCUT2D eigenvalue weighted by molar-refractivity contribution is 7.92. The molecule has 7 heteroatoms. The number of piperidine rings is 1. The summed E-state index contributed by atoms with van der Waals surface area (Å²) in [6.45, 7) is 3.28. The van der Waals surface area contributed by atoms with E-state index in [9.17, 15) is 8.42 Å². The van der Waals surface area contributed by atoms with Gasteiger partial charge in [-0.1, -0.05) is 18.2 Å². The first-order valence-corrected chi connectivity index (χ1v) is 12.3. The molecule has 0 saturated carbocycles. The van der Waals surface area contributed by atoms with Crippen molar-refractivity contribution < 1.29 is 17.9 Å². The van der Waals surface area contributed by atoms with Gasteiger partial charge in [-0.25, -0.2) is 8.42 Å². The Morgan fingerprint density at radius 2 is 1.60 bits per heavy atom. The lowest BCUT2D eigenvalue weighted by atomic mass is 9.90. The predicted octanol–water partition coefficient (Wildman–Crippen LogP) is 3.57. The number of rotatable bonds is 9. The van der Waals surface area contributed by atoms with E-state index in [4.69, 9.17) is 9.47 Å². The molecule has 1 aliphatic heterocycles. The molecule has 1 saturated heterocycles. The summed E-state index contributed by atoms with van der Waals surface area (Å²) in [5.41, 5.74) is 3.14. The molecule has 2 aromatic rings. The van der Waals surface area contributed by atoms with Crippen LogP contribution in [0.1, 0.15) is 24.0 Å². The van der Waals surface area contributed by atoms with Gasteiger partial charge < -0.3 is 14.4 Å². The first kappa shape index (κ1) is 22.4. The monoisotopic (exact) mass is 432 g/mol. The highest BCUT2D eigenvalue weighted by Crippen LogP contribution is 2.28. The predicted molar refractivity (Wildman–Crippen MR) is 121 cm³/mol. The number of ether oxygens (including phenoxy) is 2. The molecule has 3 rings (SSSR count). The van der Waals surface area contributed by atoms with Crippen LogP contribution in [-0.4, -0.2) is 53.4 Å². The Kier molecular flexibility index (Phi) is 7.61. The fraction of sp³-hybridized carbons (Fsp3) is 0.478. The van der Waals surface area contributed by atoms with E-state index >= 15 is 0 Å². The lowest BCUT2D eigenvalue weighted by Gasteiger charge is -2.32. The number of anilines is 1. The molecule has 0 aliphatic carbocycles. The van der Waals surface area contributed by atoms with Crippen molar-refractivity contribution in [3.8, 4) is 11.5 Å². The van der Waals surface area contributed by atoms with Crippen LogP contribution >= 0.6 is 0 Å². The fourth-order valence-electron chi connectivity index (χ4n) is 3.99. The van der Waals surface area contributed by atoms with Gasteiger partial charge in [-0.3, -0.25) is 4.72 Å². The average molecular weight is 433 g/mol. The molecule has 164 valence electrons. The van der Waals surface area contributed by atoms with Gasteiger partial charge >= 0.3 is 0 Å². The third kappa shape index (κ3) is 6.64. The van der Waals surface area contributed by atoms with Gasteiger partial charge in [0.25, 0.3) is 0 Å². The van der Waals surface area contributed by atoms with Gasteiger partial charge in [0.05, 0.1) is 20.5 Å². The largest absolute Gasteiger partial charge is 0.493 e. The highest BCUT2D eigenvalue weighted by Gasteiger charge is 2.19. The number of hydrogen-bond acceptors (Lipinski definition) is 5. The summed E-state index contributed by atoms with van der Waals surface area (Å²) in [5.74, 6) is 2.23. The molecule has 0 amide bonds. The van der Waals surface area contributed by atoms with Gasteiger partial charge in [0, 0.05) is 12.2 Å². The van der Waals surface area contributed by atoms with E-state index in [1.54, 1.807) is 14.2 Å². The van der Waals surface area contributed by atoms with Crippen LogP contribution in [0.15, 0.2) is 42.5 Å². The van der Waals surface area contributed by atoms with E-state index < -0.39 is 10.0 Å². The van der Waals surface area contributed by atoms with Crippen molar-refractivity contribution in [2.24, 2.45) is 5.92 Å². The quantitative estimate of drug-likeness (QED) is 0.656. The van der Waals surface area contributed by atoms with Gasteiger partial charge in [0.2, 0.25) is 10.0 Å². The zero-order valence-corrected chi connectivity index (χ0v) is 18.9. The van der Waals surface area contributed by atoms with Crippen LogP contribution in [0.2, 0.25) is 0 Å². The first-order chi connectivity index (χ1) is 14.4. The van der Waals surface area contributed by atoms with Gasteiger partial charge in [0.15, 0.2) is 11.5 Å². The van der Waals surface area contributed by atoms with E-state index in [-0.39, 0.29) is 0 Å². The smallest absolute Gasteiger partial charge is 0.229 e. The second-order valence-electron chi connectivity index (χ2n) is 8.00. The lowest BCUT2D eigenvalue weighted by molar-refractivity contribution is 0.186. The molecule has 1 aliphatic rings. The molecule has 0 unspecified atom stereocenters. The topological polar surface area (TPSA) is 67.9 Å². The maximum atomic E-state index is 11.3. The van der Waals surface area contributed by atoms with Crippen LogP contribution in [0, 0.1) is 5.92 Å². The van der Waals surface area contributed by atoms with Crippen LogP contribution in [0.4, 0.5) is 5.69 Å². The molecule has 1 heterocycles. The Morgan fingerprint density at radius 1 is 0.967 bits per heavy atom. The van der Waals surface area contributed by atoms with E-state index in [1.807, 2.05) is 30.3 Å². The van der Waals surface area contributed by atoms with E-state index in [0.717, 1.165) is 44.0 Å². The molecule has 0 spiro atoms. The second kappa shape index (κ2) is 10.2. The molecule has 1 N–H and O–H groups in total. The number of hydrogen-bond donors (Lipinski definition) is 1. The third-order valence-corrected chi connectivity index (χ3v) is 6.26. The van der Waals surface area contributed by atoms with Crippen molar-refractivity contribution in [2.45, 2.75) is 25.7 Å². The van der Waals surface area contributed by atoms with Crippen LogP contribution < -0.4 is 14.2 Å². The number of nitrogens with zero attached hydrogens (tertiary/aromatic N) is 1. The second-order valence-corrected chi connectivity index (χ2v) is 9.75. The first-order valence-electron chi connectivity index (χ1n) is 10.4. The van der Waals surface area contributed by atoms with E-state index in [0.29, 0.717) is 11.6 Å². The molecule has 0 bridgehead atoms. The van der Waals surface area contributed by atoms with Gasteiger partial charge in [-0.15, -0.1) is 0 Å². The van der Waals surface area contributed by atoms with Crippen molar-refractivity contribution in [1.82, 2.24) is 4.90 Å². The van der Waals surface area contributed by atoms with Crippen molar-refractivity contribution in [1.29, 1.82) is 0 Å². The molecular formula is C23H32N2O4S. The Labute approximate surface area is 180 Å². The van der Waals surface area contributed by atoms with Gasteiger partial charge in [0.1, 0.15) is 0 Å². The minimum atomic E-state index is -3.23. The standard InChI is InChI=1S/C23H32N2O4S/c1-28-22-9-6-19(17-23(22)29-2)10-13-25-14-11-20(12-15-25)16-18-4-7-21(8-5-18)24-30(3,26)27/h4-9,17,20,24H,10-16H2,1-3H3. The van der Waals surface area contributed by atoms with E-state index in [2.05, 4.69) is 21.8 Å². The van der Waals surface area contributed by atoms with E-state index in [1.165, 1.54) is 30.2 Å². The van der Waals surface area contributed by atoms with Crippen molar-refractivity contribution in [3.05, 3.63) is 53.6 Å². The van der Waals surface area contributed by atoms with Crippen LogP contribution in [0.3, 0.4) is 0 Å². The van der Waals surface area contributed by atoms with Crippen LogP contribution in [-0.2, 0) is 22.9 Å². The number of methoxy groups -OCH3 is 2. The van der Waals surface area contributed by atoms with Crippen LogP contribution in [0.5, 0.6) is 11.5 Å². The Hall–Kier alpha value is -2.25. The molecule has 2 aromatic carbocycles. The minimum Gasteiger partial charge on any atom is -0.493 e. The molecule has 0 aromatic heterocycles. The minimum absolute atomic E-state index is 0.617. The zero-order chi connectivity index (χ0) is 21.6. The summed E-state index contributed by atoms with van der Waals surface area (Å²) in [5, 5.41) is 0. The molecule has 0 radical (unpaired) electrons. The summed E-state index contributed by atoms with van der Waals surface area (Å²) in [6, 6.07) is 13.9. The Morgan fingerprint density at radius 3 is 2.20 bits per heavy atom. The lowest BCUT2D eigenvalue weighted by Crippen LogP contribution is -2.35. The maximum Gasteiger partial charge on any atom is 0.229 e. The van der Waals surface area contributed by atoms with Gasteiger partial charge in [-0.2, -0.15) is 0 Å². The molecule has 1 fully saturated rings. The number of benzene rings is 2. The van der Waals surface area contributed by atoms with Crippen molar-refractivity contribution in [2.75, 3.05) is 44.8 Å². The average Bonchev–Trinajstić information content (AvgIpc) is 2.73. The maximum absolute atomic E-state index is 11.3. The summed E-state index contributed by atoms with van der Waals surface area (Å²) < 4.78 is 35.8. The Balaban J connectivity index is 1.44. The van der Waals surface area contributed by atoms with Crippen molar-refractivity contribution in [3.63, 3.8) is 0 Å². The molecule has 0 atom stereocenters. The molecule has 30 heavy (non-hydrogen) atoms.